The number of ether oxygens (including phenoxy) is 1. The predicted molar refractivity (Wildman–Crippen MR) is 124 cm³/mol. The lowest BCUT2D eigenvalue weighted by molar-refractivity contribution is -0.125. The molecule has 3 rings (SSSR count). The molecule has 0 aliphatic carbocycles. The second-order valence-electron chi connectivity index (χ2n) is 7.53. The van der Waals surface area contributed by atoms with Crippen LogP contribution in [-0.2, 0) is 4.79 Å². The average molecular weight is 443 g/mol. The van der Waals surface area contributed by atoms with Crippen molar-refractivity contribution >= 4 is 29.2 Å². The summed E-state index contributed by atoms with van der Waals surface area (Å²) in [6.07, 6.45) is 5.73. The number of rotatable bonds is 7. The minimum Gasteiger partial charge on any atom is -0.456 e. The van der Waals surface area contributed by atoms with Crippen LogP contribution in [0.1, 0.15) is 12.0 Å². The van der Waals surface area contributed by atoms with Crippen LogP contribution in [0.4, 0.5) is 5.82 Å². The molecule has 9 heteroatoms. The number of aliphatic imine (C=N–C) groups is 1. The van der Waals surface area contributed by atoms with Gasteiger partial charge in [-0.25, -0.2) is 4.98 Å². The molecule has 1 aromatic heterocycles. The standard InChI is InChI=1S/C22H27ClN6O2/c1-28(2)12-3-4-19(30)29-13-10-16(14-29)27-22(25)20-18(9-11-26-21(20)24)31-17-7-5-15(23)6-8-17/h3-9,11,16H,10,12-14H2,1-2H3,(H2,24,26)(H2,25,27)/b4-3+. The monoisotopic (exact) mass is 442 g/mol. The Morgan fingerprint density at radius 2 is 2.10 bits per heavy atom. The van der Waals surface area contributed by atoms with Crippen LogP contribution >= 0.6 is 11.6 Å². The Hall–Kier alpha value is -3.10. The highest BCUT2D eigenvalue weighted by Crippen LogP contribution is 2.29. The Balaban J connectivity index is 1.72. The molecule has 2 aromatic rings. The fourth-order valence-corrected chi connectivity index (χ4v) is 3.34. The highest BCUT2D eigenvalue weighted by molar-refractivity contribution is 6.30. The van der Waals surface area contributed by atoms with Gasteiger partial charge < -0.3 is 26.0 Å². The molecule has 1 unspecified atom stereocenters. The lowest BCUT2D eigenvalue weighted by atomic mass is 10.2. The van der Waals surface area contributed by atoms with Crippen LogP contribution in [0, 0.1) is 0 Å². The number of amidine groups is 1. The third kappa shape index (κ3) is 6.19. The second-order valence-corrected chi connectivity index (χ2v) is 7.97. The Labute approximate surface area is 187 Å². The Bertz CT molecular complexity index is 974. The number of halogens is 1. The van der Waals surface area contributed by atoms with Crippen molar-refractivity contribution in [2.75, 3.05) is 39.5 Å². The van der Waals surface area contributed by atoms with E-state index in [1.54, 1.807) is 47.5 Å². The van der Waals surface area contributed by atoms with E-state index < -0.39 is 0 Å². The average Bonchev–Trinajstić information content (AvgIpc) is 3.18. The molecule has 4 N–H and O–H groups in total. The van der Waals surface area contributed by atoms with E-state index >= 15 is 0 Å². The van der Waals surface area contributed by atoms with Gasteiger partial charge in [-0.1, -0.05) is 17.7 Å². The van der Waals surface area contributed by atoms with Crippen LogP contribution in [0.2, 0.25) is 5.02 Å². The molecule has 2 heterocycles. The van der Waals surface area contributed by atoms with Crippen LogP contribution in [0.15, 0.2) is 53.7 Å². The zero-order valence-electron chi connectivity index (χ0n) is 17.7. The van der Waals surface area contributed by atoms with E-state index in [9.17, 15) is 4.79 Å². The number of carbonyl (C=O) groups is 1. The van der Waals surface area contributed by atoms with Crippen molar-refractivity contribution in [3.05, 3.63) is 59.3 Å². The van der Waals surface area contributed by atoms with Gasteiger partial charge in [-0.2, -0.15) is 0 Å². The summed E-state index contributed by atoms with van der Waals surface area (Å²) in [5.74, 6) is 1.48. The Kier molecular flexibility index (Phi) is 7.49. The van der Waals surface area contributed by atoms with E-state index in [4.69, 9.17) is 27.8 Å². The van der Waals surface area contributed by atoms with Gasteiger partial charge in [0, 0.05) is 43.0 Å². The van der Waals surface area contributed by atoms with Crippen molar-refractivity contribution in [2.45, 2.75) is 12.5 Å². The highest BCUT2D eigenvalue weighted by Gasteiger charge is 2.25. The summed E-state index contributed by atoms with van der Waals surface area (Å²) in [6.45, 7) is 1.84. The first-order chi connectivity index (χ1) is 14.8. The lowest BCUT2D eigenvalue weighted by Gasteiger charge is -2.15. The normalized spacial score (nSPS) is 17.0. The van der Waals surface area contributed by atoms with Gasteiger partial charge in [0.05, 0.1) is 6.04 Å². The molecule has 1 aliphatic heterocycles. The van der Waals surface area contributed by atoms with Crippen molar-refractivity contribution in [1.29, 1.82) is 0 Å². The topological polar surface area (TPSA) is 110 Å². The summed E-state index contributed by atoms with van der Waals surface area (Å²) in [4.78, 5) is 24.8. The summed E-state index contributed by atoms with van der Waals surface area (Å²) in [5, 5.41) is 0.611. The van der Waals surface area contributed by atoms with Crippen LogP contribution in [0.25, 0.3) is 0 Å². The van der Waals surface area contributed by atoms with Gasteiger partial charge in [0.25, 0.3) is 0 Å². The predicted octanol–water partition coefficient (Wildman–Crippen LogP) is 2.53. The fraction of sp³-hybridized carbons (Fsp3) is 0.318. The van der Waals surface area contributed by atoms with E-state index in [-0.39, 0.29) is 23.6 Å². The minimum absolute atomic E-state index is 0.0224. The fourth-order valence-electron chi connectivity index (χ4n) is 3.21. The lowest BCUT2D eigenvalue weighted by Crippen LogP contribution is -2.28. The van der Waals surface area contributed by atoms with Gasteiger partial charge in [-0.05, 0) is 44.8 Å². The van der Waals surface area contributed by atoms with Crippen LogP contribution < -0.4 is 16.2 Å². The summed E-state index contributed by atoms with van der Waals surface area (Å²) in [6, 6.07) is 8.53. The number of pyridine rings is 1. The number of nitrogen functional groups attached to an aromatic ring is 1. The molecule has 1 aliphatic rings. The molecule has 1 aromatic carbocycles. The van der Waals surface area contributed by atoms with E-state index in [2.05, 4.69) is 9.98 Å². The van der Waals surface area contributed by atoms with E-state index in [0.29, 0.717) is 41.7 Å². The summed E-state index contributed by atoms with van der Waals surface area (Å²) < 4.78 is 5.94. The maximum Gasteiger partial charge on any atom is 0.246 e. The van der Waals surface area contributed by atoms with E-state index in [1.165, 1.54) is 0 Å². The first kappa shape index (κ1) is 22.6. The number of amides is 1. The van der Waals surface area contributed by atoms with Crippen LogP contribution in [0.5, 0.6) is 11.5 Å². The van der Waals surface area contributed by atoms with Crippen molar-refractivity contribution in [2.24, 2.45) is 10.7 Å². The number of nitrogens with two attached hydrogens (primary N) is 2. The van der Waals surface area contributed by atoms with Gasteiger partial charge in [0.15, 0.2) is 0 Å². The van der Waals surface area contributed by atoms with Crippen molar-refractivity contribution in [1.82, 2.24) is 14.8 Å². The minimum atomic E-state index is -0.116. The van der Waals surface area contributed by atoms with Gasteiger partial charge in [0.2, 0.25) is 5.91 Å². The zero-order chi connectivity index (χ0) is 22.4. The van der Waals surface area contributed by atoms with Crippen molar-refractivity contribution in [3.63, 3.8) is 0 Å². The molecule has 0 bridgehead atoms. The first-order valence-electron chi connectivity index (χ1n) is 9.95. The van der Waals surface area contributed by atoms with Crippen molar-refractivity contribution in [3.8, 4) is 11.5 Å². The molecule has 1 amide bonds. The molecule has 164 valence electrons. The number of carbonyl (C=O) groups excluding carboxylic acids is 1. The molecule has 8 nitrogen and oxygen atoms in total. The highest BCUT2D eigenvalue weighted by atomic mass is 35.5. The number of hydrogen-bond acceptors (Lipinski definition) is 6. The number of hydrogen-bond donors (Lipinski definition) is 2. The number of anilines is 1. The van der Waals surface area contributed by atoms with Gasteiger partial charge >= 0.3 is 0 Å². The van der Waals surface area contributed by atoms with E-state index in [1.807, 2.05) is 25.1 Å². The molecule has 0 radical (unpaired) electrons. The maximum atomic E-state index is 12.3. The molecular weight excluding hydrogens is 416 g/mol. The molecule has 31 heavy (non-hydrogen) atoms. The number of benzene rings is 1. The van der Waals surface area contributed by atoms with Gasteiger partial charge in [0.1, 0.15) is 28.7 Å². The summed E-state index contributed by atoms with van der Waals surface area (Å²) in [5.41, 5.74) is 12.8. The molecular formula is C22H27ClN6O2. The Morgan fingerprint density at radius 1 is 1.35 bits per heavy atom. The SMILES string of the molecule is CN(C)C/C=C/C(=O)N1CCC(N=C(N)c2c(Oc3ccc(Cl)cc3)ccnc2N)C1. The summed E-state index contributed by atoms with van der Waals surface area (Å²) in [7, 11) is 3.90. The van der Waals surface area contributed by atoms with Crippen LogP contribution in [0.3, 0.4) is 0 Å². The third-order valence-corrected chi connectivity index (χ3v) is 5.02. The molecule has 1 saturated heterocycles. The molecule has 0 spiro atoms. The maximum absolute atomic E-state index is 12.3. The first-order valence-corrected chi connectivity index (χ1v) is 10.3. The zero-order valence-corrected chi connectivity index (χ0v) is 18.4. The molecule has 1 atom stereocenters. The third-order valence-electron chi connectivity index (χ3n) is 4.77. The number of aromatic nitrogens is 1. The van der Waals surface area contributed by atoms with Gasteiger partial charge in [-0.3, -0.25) is 9.79 Å². The smallest absolute Gasteiger partial charge is 0.246 e. The quantitative estimate of drug-likeness (QED) is 0.387. The number of nitrogens with zero attached hydrogens (tertiary/aromatic N) is 4. The Morgan fingerprint density at radius 3 is 2.81 bits per heavy atom. The largest absolute Gasteiger partial charge is 0.456 e. The van der Waals surface area contributed by atoms with E-state index in [0.717, 1.165) is 6.42 Å². The second kappa shape index (κ2) is 10.3. The van der Waals surface area contributed by atoms with Gasteiger partial charge in [-0.15, -0.1) is 0 Å². The van der Waals surface area contributed by atoms with Crippen LogP contribution in [-0.4, -0.2) is 66.3 Å². The summed E-state index contributed by atoms with van der Waals surface area (Å²) >= 11 is 5.93. The molecule has 1 fully saturated rings. The number of likely N-dealkylation sites (N-methyl/N-ethyl adjacent to an activating group) is 1. The molecule has 0 saturated carbocycles. The number of likely N-dealkylation sites (tertiary alicyclic amines) is 1. The van der Waals surface area contributed by atoms with Crippen molar-refractivity contribution < 1.29 is 9.53 Å².